The quantitative estimate of drug-likeness (QED) is 0.863. The summed E-state index contributed by atoms with van der Waals surface area (Å²) >= 11 is 0. The Morgan fingerprint density at radius 1 is 1.41 bits per heavy atom. The first-order valence-corrected chi connectivity index (χ1v) is 6.81. The molecule has 3 rings (SSSR count). The summed E-state index contributed by atoms with van der Waals surface area (Å²) in [6.07, 6.45) is 7.14. The van der Waals surface area contributed by atoms with Crippen molar-refractivity contribution in [2.45, 2.75) is 44.7 Å². The fourth-order valence-electron chi connectivity index (χ4n) is 3.37. The number of hydrogen-bond donors (Lipinski definition) is 1. The first-order chi connectivity index (χ1) is 8.28. The third kappa shape index (κ3) is 1.95. The van der Waals surface area contributed by atoms with Crippen molar-refractivity contribution in [3.05, 3.63) is 11.9 Å². The normalized spacial score (nSPS) is 28.6. The summed E-state index contributed by atoms with van der Waals surface area (Å²) in [7, 11) is 2.00. The number of nitrogens with zero attached hydrogens (tertiary/aromatic N) is 3. The maximum absolute atomic E-state index is 4.50. The molecule has 2 unspecified atom stereocenters. The van der Waals surface area contributed by atoms with Crippen molar-refractivity contribution in [2.24, 2.45) is 7.05 Å². The Hall–Kier alpha value is -1.03. The lowest BCUT2D eigenvalue weighted by atomic mass is 10.1. The molecule has 2 saturated heterocycles. The van der Waals surface area contributed by atoms with Crippen molar-refractivity contribution < 1.29 is 0 Å². The Morgan fingerprint density at radius 3 is 3.12 bits per heavy atom. The monoisotopic (exact) mass is 234 g/mol. The minimum absolute atomic E-state index is 0.631. The van der Waals surface area contributed by atoms with Gasteiger partial charge in [0.15, 0.2) is 0 Å². The molecule has 4 nitrogen and oxygen atoms in total. The number of aromatic nitrogens is 2. The largest absolute Gasteiger partial charge is 0.378 e. The maximum atomic E-state index is 4.50. The van der Waals surface area contributed by atoms with Gasteiger partial charge >= 0.3 is 0 Å². The summed E-state index contributed by atoms with van der Waals surface area (Å²) in [5.74, 6) is 0. The van der Waals surface area contributed by atoms with Gasteiger partial charge in [-0.15, -0.1) is 0 Å². The van der Waals surface area contributed by atoms with Gasteiger partial charge in [0.2, 0.25) is 0 Å². The number of anilines is 1. The van der Waals surface area contributed by atoms with Crippen molar-refractivity contribution in [3.63, 3.8) is 0 Å². The molecular formula is C13H22N4. The third-order valence-electron chi connectivity index (χ3n) is 4.19. The molecular weight excluding hydrogens is 212 g/mol. The zero-order valence-electron chi connectivity index (χ0n) is 10.8. The van der Waals surface area contributed by atoms with Gasteiger partial charge in [-0.3, -0.25) is 9.58 Å². The van der Waals surface area contributed by atoms with Crippen molar-refractivity contribution in [3.8, 4) is 0 Å². The highest BCUT2D eigenvalue weighted by atomic mass is 15.3. The van der Waals surface area contributed by atoms with Gasteiger partial charge in [0, 0.05) is 31.9 Å². The van der Waals surface area contributed by atoms with Crippen LogP contribution in [-0.4, -0.2) is 39.9 Å². The second kappa shape index (κ2) is 4.33. The second-order valence-electron chi connectivity index (χ2n) is 5.30. The zero-order valence-corrected chi connectivity index (χ0v) is 10.8. The maximum Gasteiger partial charge on any atom is 0.0853 e. The molecule has 1 N–H and O–H groups in total. The predicted molar refractivity (Wildman–Crippen MR) is 69.2 cm³/mol. The Balaban J connectivity index is 1.74. The molecule has 0 aromatic carbocycles. The Bertz CT molecular complexity index is 398. The van der Waals surface area contributed by atoms with Gasteiger partial charge in [-0.05, 0) is 32.2 Å². The molecule has 1 aromatic heterocycles. The molecule has 0 radical (unpaired) electrons. The molecule has 0 amide bonds. The van der Waals surface area contributed by atoms with Gasteiger partial charge in [0.25, 0.3) is 0 Å². The van der Waals surface area contributed by atoms with Gasteiger partial charge in [0.1, 0.15) is 0 Å². The molecule has 3 heterocycles. The van der Waals surface area contributed by atoms with Crippen LogP contribution in [0.1, 0.15) is 31.9 Å². The van der Waals surface area contributed by atoms with E-state index in [1.807, 2.05) is 11.7 Å². The molecule has 2 fully saturated rings. The second-order valence-corrected chi connectivity index (χ2v) is 5.30. The van der Waals surface area contributed by atoms with E-state index in [9.17, 15) is 0 Å². The topological polar surface area (TPSA) is 33.1 Å². The van der Waals surface area contributed by atoms with Crippen molar-refractivity contribution in [1.82, 2.24) is 14.7 Å². The van der Waals surface area contributed by atoms with Crippen LogP contribution in [0.4, 0.5) is 5.69 Å². The van der Waals surface area contributed by atoms with Crippen molar-refractivity contribution in [1.29, 1.82) is 0 Å². The van der Waals surface area contributed by atoms with E-state index in [1.165, 1.54) is 43.7 Å². The SMILES string of the molecule is CCc1nn(C)cc1NC1CCN2CCCC12. The van der Waals surface area contributed by atoms with E-state index in [-0.39, 0.29) is 0 Å². The molecule has 17 heavy (non-hydrogen) atoms. The molecule has 94 valence electrons. The van der Waals surface area contributed by atoms with Gasteiger partial charge in [0.05, 0.1) is 11.4 Å². The lowest BCUT2D eigenvalue weighted by Crippen LogP contribution is -2.33. The van der Waals surface area contributed by atoms with E-state index in [2.05, 4.69) is 28.4 Å². The molecule has 2 aliphatic heterocycles. The number of hydrogen-bond acceptors (Lipinski definition) is 3. The average molecular weight is 234 g/mol. The molecule has 0 bridgehead atoms. The lowest BCUT2D eigenvalue weighted by molar-refractivity contribution is 0.318. The highest BCUT2D eigenvalue weighted by Gasteiger charge is 2.37. The number of nitrogens with one attached hydrogen (secondary N) is 1. The Labute approximate surface area is 103 Å². The zero-order chi connectivity index (χ0) is 11.8. The van der Waals surface area contributed by atoms with Crippen LogP contribution in [0.25, 0.3) is 0 Å². The van der Waals surface area contributed by atoms with Crippen LogP contribution < -0.4 is 5.32 Å². The molecule has 0 aliphatic carbocycles. The number of aryl methyl sites for hydroxylation is 2. The molecule has 1 aromatic rings. The predicted octanol–water partition coefficient (Wildman–Crippen LogP) is 1.63. The smallest absolute Gasteiger partial charge is 0.0853 e. The summed E-state index contributed by atoms with van der Waals surface area (Å²) in [6, 6.07) is 1.40. The summed E-state index contributed by atoms with van der Waals surface area (Å²) in [5, 5.41) is 8.22. The van der Waals surface area contributed by atoms with Crippen LogP contribution in [0.15, 0.2) is 6.20 Å². The first-order valence-electron chi connectivity index (χ1n) is 6.81. The summed E-state index contributed by atoms with van der Waals surface area (Å²) in [5.41, 5.74) is 2.44. The van der Waals surface area contributed by atoms with Crippen LogP contribution in [0, 0.1) is 0 Å². The van der Waals surface area contributed by atoms with Gasteiger partial charge in [-0.1, -0.05) is 6.92 Å². The number of fused-ring (bicyclic) bond motifs is 1. The summed E-state index contributed by atoms with van der Waals surface area (Å²) in [6.45, 7) is 4.74. The van der Waals surface area contributed by atoms with Crippen LogP contribution in [-0.2, 0) is 13.5 Å². The molecule has 0 saturated carbocycles. The Kier molecular flexibility index (Phi) is 2.82. The van der Waals surface area contributed by atoms with Gasteiger partial charge in [-0.2, -0.15) is 5.10 Å². The van der Waals surface area contributed by atoms with Gasteiger partial charge < -0.3 is 5.32 Å². The van der Waals surface area contributed by atoms with Crippen LogP contribution >= 0.6 is 0 Å². The highest BCUT2D eigenvalue weighted by Crippen LogP contribution is 2.30. The van der Waals surface area contributed by atoms with Crippen LogP contribution in [0.5, 0.6) is 0 Å². The van der Waals surface area contributed by atoms with E-state index >= 15 is 0 Å². The van der Waals surface area contributed by atoms with E-state index in [4.69, 9.17) is 0 Å². The van der Waals surface area contributed by atoms with Crippen molar-refractivity contribution >= 4 is 5.69 Å². The van der Waals surface area contributed by atoms with Gasteiger partial charge in [-0.25, -0.2) is 0 Å². The van der Waals surface area contributed by atoms with E-state index in [0.29, 0.717) is 6.04 Å². The van der Waals surface area contributed by atoms with E-state index in [0.717, 1.165) is 12.5 Å². The highest BCUT2D eigenvalue weighted by molar-refractivity contribution is 5.47. The van der Waals surface area contributed by atoms with Crippen LogP contribution in [0.2, 0.25) is 0 Å². The number of rotatable bonds is 3. The minimum atomic E-state index is 0.631. The minimum Gasteiger partial charge on any atom is -0.378 e. The third-order valence-corrected chi connectivity index (χ3v) is 4.19. The fraction of sp³-hybridized carbons (Fsp3) is 0.769. The standard InChI is InChI=1S/C13H22N4/c1-3-10-12(9-16(2)15-10)14-11-6-8-17-7-4-5-13(11)17/h9,11,13-14H,3-8H2,1-2H3. The summed E-state index contributed by atoms with van der Waals surface area (Å²) < 4.78 is 1.92. The van der Waals surface area contributed by atoms with E-state index < -0.39 is 0 Å². The average Bonchev–Trinajstić information content (AvgIpc) is 2.96. The van der Waals surface area contributed by atoms with E-state index in [1.54, 1.807) is 0 Å². The molecule has 2 aliphatic rings. The first kappa shape index (κ1) is 11.1. The molecule has 4 heteroatoms. The molecule has 0 spiro atoms. The Morgan fingerprint density at radius 2 is 2.29 bits per heavy atom. The van der Waals surface area contributed by atoms with Crippen LogP contribution in [0.3, 0.4) is 0 Å². The van der Waals surface area contributed by atoms with Crippen molar-refractivity contribution in [2.75, 3.05) is 18.4 Å². The molecule has 2 atom stereocenters. The summed E-state index contributed by atoms with van der Waals surface area (Å²) in [4.78, 5) is 2.64. The fourth-order valence-corrected chi connectivity index (χ4v) is 3.37. The lowest BCUT2D eigenvalue weighted by Gasteiger charge is -2.21.